The summed E-state index contributed by atoms with van der Waals surface area (Å²) in [6, 6.07) is 12.9. The van der Waals surface area contributed by atoms with Crippen molar-refractivity contribution < 1.29 is 19.4 Å². The van der Waals surface area contributed by atoms with E-state index < -0.39 is 6.10 Å². The van der Waals surface area contributed by atoms with Gasteiger partial charge in [0, 0.05) is 35.9 Å². The summed E-state index contributed by atoms with van der Waals surface area (Å²) in [5.74, 6) is 1.54. The number of fused-ring (bicyclic) bond motifs is 1. The summed E-state index contributed by atoms with van der Waals surface area (Å²) in [4.78, 5) is 18.8. The van der Waals surface area contributed by atoms with Gasteiger partial charge in [-0.05, 0) is 81.6 Å². The van der Waals surface area contributed by atoms with Gasteiger partial charge in [-0.25, -0.2) is 4.79 Å². The molecule has 9 heteroatoms. The number of carbonyl (C=O) groups is 1. The molecule has 3 aromatic rings. The first-order chi connectivity index (χ1) is 18.5. The third-order valence-corrected chi connectivity index (χ3v) is 6.86. The number of aryl methyl sites for hydroxylation is 1. The molecule has 2 aliphatic rings. The molecule has 1 atom stereocenters. The van der Waals surface area contributed by atoms with Crippen LogP contribution in [0.25, 0.3) is 10.9 Å². The third kappa shape index (κ3) is 6.52. The highest BCUT2D eigenvalue weighted by atomic mass is 16.5. The Morgan fingerprint density at radius 1 is 1.18 bits per heavy atom. The summed E-state index contributed by atoms with van der Waals surface area (Å²) in [6.07, 6.45) is 6.62. The molecule has 2 amide bonds. The molecule has 3 N–H and O–H groups in total. The van der Waals surface area contributed by atoms with Crippen LogP contribution in [0.5, 0.6) is 17.2 Å². The van der Waals surface area contributed by atoms with Crippen molar-refractivity contribution in [3.8, 4) is 23.3 Å². The lowest BCUT2D eigenvalue weighted by Gasteiger charge is -2.28. The zero-order valence-corrected chi connectivity index (χ0v) is 21.6. The van der Waals surface area contributed by atoms with Gasteiger partial charge in [0.1, 0.15) is 36.0 Å². The first-order valence-electron chi connectivity index (χ1n) is 13.2. The van der Waals surface area contributed by atoms with E-state index in [1.807, 2.05) is 19.1 Å². The Morgan fingerprint density at radius 2 is 2.00 bits per heavy atom. The largest absolute Gasteiger partial charge is 0.489 e. The Labute approximate surface area is 222 Å². The number of carbonyl (C=O) groups excluding carboxylic acids is 1. The van der Waals surface area contributed by atoms with Crippen molar-refractivity contribution in [2.24, 2.45) is 0 Å². The third-order valence-electron chi connectivity index (χ3n) is 6.86. The zero-order chi connectivity index (χ0) is 26.5. The van der Waals surface area contributed by atoms with Crippen molar-refractivity contribution in [2.75, 3.05) is 31.6 Å². The summed E-state index contributed by atoms with van der Waals surface area (Å²) in [5, 5.41) is 26.7. The number of piperidine rings is 1. The van der Waals surface area contributed by atoms with E-state index in [0.29, 0.717) is 45.9 Å². The number of aromatic nitrogens is 1. The van der Waals surface area contributed by atoms with Crippen molar-refractivity contribution in [3.63, 3.8) is 0 Å². The van der Waals surface area contributed by atoms with Gasteiger partial charge in [0.15, 0.2) is 0 Å². The highest BCUT2D eigenvalue weighted by Crippen LogP contribution is 2.34. The predicted molar refractivity (Wildman–Crippen MR) is 145 cm³/mol. The lowest BCUT2D eigenvalue weighted by molar-refractivity contribution is 0.0617. The Balaban J connectivity index is 1.28. The Morgan fingerprint density at radius 3 is 2.74 bits per heavy atom. The number of pyridine rings is 1. The van der Waals surface area contributed by atoms with Crippen LogP contribution in [-0.2, 0) is 0 Å². The number of nitriles is 1. The van der Waals surface area contributed by atoms with E-state index in [-0.39, 0.29) is 18.7 Å². The number of amides is 2. The number of nitrogens with zero attached hydrogens (tertiary/aromatic N) is 3. The van der Waals surface area contributed by atoms with Crippen LogP contribution in [0.15, 0.2) is 42.6 Å². The quantitative estimate of drug-likeness (QED) is 0.377. The number of anilines is 1. The number of rotatable bonds is 9. The summed E-state index contributed by atoms with van der Waals surface area (Å²) in [6.45, 7) is 4.56. The van der Waals surface area contributed by atoms with Gasteiger partial charge in [0.05, 0.1) is 11.1 Å². The number of ether oxygens (including phenoxy) is 2. The predicted octanol–water partition coefficient (Wildman–Crippen LogP) is 4.72. The summed E-state index contributed by atoms with van der Waals surface area (Å²) in [7, 11) is 0. The smallest absolute Gasteiger partial charge is 0.319 e. The number of likely N-dealkylation sites (tertiary alicyclic amines) is 1. The maximum absolute atomic E-state index is 12.1. The van der Waals surface area contributed by atoms with Crippen molar-refractivity contribution >= 4 is 22.6 Å². The van der Waals surface area contributed by atoms with Crippen LogP contribution in [0.3, 0.4) is 0 Å². The zero-order valence-electron chi connectivity index (χ0n) is 21.6. The lowest BCUT2D eigenvalue weighted by Crippen LogP contribution is -2.38. The van der Waals surface area contributed by atoms with E-state index in [1.165, 1.54) is 6.42 Å². The van der Waals surface area contributed by atoms with Gasteiger partial charge in [0.25, 0.3) is 0 Å². The molecule has 2 aromatic carbocycles. The average molecular weight is 516 g/mol. The van der Waals surface area contributed by atoms with E-state index in [4.69, 9.17) is 9.47 Å². The lowest BCUT2D eigenvalue weighted by atomic mass is 10.1. The minimum Gasteiger partial charge on any atom is -0.489 e. The van der Waals surface area contributed by atoms with E-state index >= 15 is 0 Å². The standard InChI is InChI=1S/C29H33N5O4/c1-19-13-23(7-8-25(19)33-29(36)32-21-5-6-21)38-27-9-10-31-26-15-28(20(16-30)14-24(26)27)37-18-22(35)17-34-11-3-2-4-12-34/h7-10,13-15,21-22,35H,2-6,11-12,17-18H2,1H3,(H2,32,33,36)/t22-/m1/s1. The molecule has 2 fully saturated rings. The Hall–Kier alpha value is -3.87. The minimum absolute atomic E-state index is 0.102. The van der Waals surface area contributed by atoms with Crippen LogP contribution in [0, 0.1) is 18.3 Å². The number of aliphatic hydroxyl groups is 1. The molecule has 1 aliphatic carbocycles. The molecular weight excluding hydrogens is 482 g/mol. The molecule has 1 saturated heterocycles. The van der Waals surface area contributed by atoms with Crippen LogP contribution in [-0.4, -0.2) is 59.4 Å². The normalized spacial score (nSPS) is 16.4. The van der Waals surface area contributed by atoms with E-state index in [2.05, 4.69) is 26.6 Å². The fraction of sp³-hybridized carbons (Fsp3) is 0.414. The van der Waals surface area contributed by atoms with E-state index in [9.17, 15) is 15.2 Å². The molecule has 0 bridgehead atoms. The number of aliphatic hydroxyl groups excluding tert-OH is 1. The Kier molecular flexibility index (Phi) is 7.91. The molecule has 2 heterocycles. The molecule has 198 valence electrons. The summed E-state index contributed by atoms with van der Waals surface area (Å²) < 4.78 is 12.0. The van der Waals surface area contributed by atoms with E-state index in [0.717, 1.165) is 44.3 Å². The van der Waals surface area contributed by atoms with Gasteiger partial charge in [-0.3, -0.25) is 4.98 Å². The van der Waals surface area contributed by atoms with E-state index in [1.54, 1.807) is 30.5 Å². The molecular formula is C29H33N5O4. The number of hydrogen-bond donors (Lipinski definition) is 3. The second-order valence-electron chi connectivity index (χ2n) is 10.1. The molecule has 1 aliphatic heterocycles. The minimum atomic E-state index is -0.640. The molecule has 0 unspecified atom stereocenters. The fourth-order valence-corrected chi connectivity index (χ4v) is 4.66. The van der Waals surface area contributed by atoms with Gasteiger partial charge in [-0.15, -0.1) is 0 Å². The van der Waals surface area contributed by atoms with Crippen molar-refractivity contribution in [1.29, 1.82) is 5.26 Å². The molecule has 9 nitrogen and oxygen atoms in total. The number of hydrogen-bond acceptors (Lipinski definition) is 7. The van der Waals surface area contributed by atoms with Gasteiger partial charge in [-0.2, -0.15) is 5.26 Å². The highest BCUT2D eigenvalue weighted by Gasteiger charge is 2.23. The summed E-state index contributed by atoms with van der Waals surface area (Å²) >= 11 is 0. The number of benzene rings is 2. The monoisotopic (exact) mass is 515 g/mol. The Bertz CT molecular complexity index is 1340. The molecule has 38 heavy (non-hydrogen) atoms. The second kappa shape index (κ2) is 11.7. The van der Waals surface area contributed by atoms with Crippen molar-refractivity contribution in [3.05, 3.63) is 53.7 Å². The maximum atomic E-state index is 12.1. The number of nitrogens with one attached hydrogen (secondary N) is 2. The average Bonchev–Trinajstić information content (AvgIpc) is 3.73. The first-order valence-corrected chi connectivity index (χ1v) is 13.2. The number of β-amino-alcohol motifs (C(OH)–C–C–N with tert-alkyl or cyclic N) is 1. The maximum Gasteiger partial charge on any atom is 0.319 e. The second-order valence-corrected chi connectivity index (χ2v) is 10.1. The van der Waals surface area contributed by atoms with Crippen LogP contribution in [0.1, 0.15) is 43.2 Å². The molecule has 1 saturated carbocycles. The van der Waals surface area contributed by atoms with Gasteiger partial charge in [-0.1, -0.05) is 6.42 Å². The molecule has 5 rings (SSSR count). The first kappa shape index (κ1) is 25.8. The van der Waals surface area contributed by atoms with Gasteiger partial charge < -0.3 is 30.1 Å². The summed E-state index contributed by atoms with van der Waals surface area (Å²) in [5.41, 5.74) is 2.54. The number of urea groups is 1. The molecule has 0 spiro atoms. The topological polar surface area (TPSA) is 120 Å². The molecule has 1 aromatic heterocycles. The molecule has 0 radical (unpaired) electrons. The van der Waals surface area contributed by atoms with Crippen LogP contribution in [0.4, 0.5) is 10.5 Å². The van der Waals surface area contributed by atoms with Crippen molar-refractivity contribution in [2.45, 2.75) is 51.2 Å². The fourth-order valence-electron chi connectivity index (χ4n) is 4.66. The van der Waals surface area contributed by atoms with Crippen LogP contribution >= 0.6 is 0 Å². The van der Waals surface area contributed by atoms with Gasteiger partial charge >= 0.3 is 6.03 Å². The van der Waals surface area contributed by atoms with Crippen molar-refractivity contribution in [1.82, 2.24) is 15.2 Å². The van der Waals surface area contributed by atoms with Gasteiger partial charge in [0.2, 0.25) is 0 Å². The van der Waals surface area contributed by atoms with Crippen LogP contribution < -0.4 is 20.1 Å². The van der Waals surface area contributed by atoms with Crippen LogP contribution in [0.2, 0.25) is 0 Å². The SMILES string of the molecule is Cc1cc(Oc2ccnc3cc(OC[C@H](O)CN4CCCCC4)c(C#N)cc23)ccc1NC(=O)NC1CC1. The highest BCUT2D eigenvalue weighted by molar-refractivity contribution is 5.91.